The number of methoxy groups -OCH3 is 1. The van der Waals surface area contributed by atoms with Gasteiger partial charge in [0.25, 0.3) is 5.91 Å². The van der Waals surface area contributed by atoms with Crippen LogP contribution in [0.1, 0.15) is 66.9 Å². The number of imidazole rings is 1. The molecular formula is C27H30F5N7O4. The molecular weight excluding hydrogens is 581 g/mol. The van der Waals surface area contributed by atoms with Crippen molar-refractivity contribution in [1.29, 1.82) is 0 Å². The Hall–Kier alpha value is -4.11. The van der Waals surface area contributed by atoms with E-state index in [1.54, 1.807) is 6.07 Å². The van der Waals surface area contributed by atoms with Gasteiger partial charge in [-0.25, -0.2) is 18.3 Å². The maximum atomic E-state index is 14.0. The van der Waals surface area contributed by atoms with Gasteiger partial charge in [-0.15, -0.1) is 0 Å². The third-order valence-corrected chi connectivity index (χ3v) is 8.23. The Bertz CT molecular complexity index is 1530. The minimum absolute atomic E-state index is 0.115. The van der Waals surface area contributed by atoms with Crippen LogP contribution in [0.4, 0.5) is 22.0 Å². The maximum absolute atomic E-state index is 14.0. The lowest BCUT2D eigenvalue weighted by atomic mass is 9.80. The van der Waals surface area contributed by atoms with Crippen molar-refractivity contribution in [3.8, 4) is 0 Å². The zero-order valence-corrected chi connectivity index (χ0v) is 23.3. The van der Waals surface area contributed by atoms with Crippen LogP contribution in [0, 0.1) is 11.3 Å². The van der Waals surface area contributed by atoms with Gasteiger partial charge in [-0.1, -0.05) is 0 Å². The summed E-state index contributed by atoms with van der Waals surface area (Å²) in [6, 6.07) is 1.49. The lowest BCUT2D eigenvalue weighted by molar-refractivity contribution is -0.160. The van der Waals surface area contributed by atoms with Crippen LogP contribution in [0.15, 0.2) is 30.6 Å². The van der Waals surface area contributed by atoms with Crippen molar-refractivity contribution in [2.75, 3.05) is 7.11 Å². The molecule has 2 fully saturated rings. The van der Waals surface area contributed by atoms with Crippen molar-refractivity contribution in [1.82, 2.24) is 35.0 Å². The molecule has 232 valence electrons. The second-order valence-corrected chi connectivity index (χ2v) is 11.0. The van der Waals surface area contributed by atoms with Gasteiger partial charge in [0.2, 0.25) is 11.8 Å². The zero-order chi connectivity index (χ0) is 31.2. The Labute approximate surface area is 242 Å². The number of esters is 1. The minimum atomic E-state index is -4.76. The average Bonchev–Trinajstić information content (AvgIpc) is 3.68. The number of aromatic nitrogens is 5. The van der Waals surface area contributed by atoms with E-state index in [1.165, 1.54) is 33.7 Å². The van der Waals surface area contributed by atoms with Gasteiger partial charge in [-0.05, 0) is 43.9 Å². The van der Waals surface area contributed by atoms with Gasteiger partial charge in [-0.3, -0.25) is 19.1 Å². The number of carbonyl (C=O) groups is 3. The van der Waals surface area contributed by atoms with Gasteiger partial charge in [-0.2, -0.15) is 23.4 Å². The van der Waals surface area contributed by atoms with Crippen LogP contribution in [0.3, 0.4) is 0 Å². The molecule has 3 aromatic heterocycles. The number of hydrogen-bond donors (Lipinski definition) is 2. The number of hydrogen-bond acceptors (Lipinski definition) is 7. The predicted molar refractivity (Wildman–Crippen MR) is 139 cm³/mol. The molecule has 1 unspecified atom stereocenters. The molecule has 4 heterocycles. The summed E-state index contributed by atoms with van der Waals surface area (Å²) in [5.74, 6) is -5.85. The molecule has 43 heavy (non-hydrogen) atoms. The highest BCUT2D eigenvalue weighted by Crippen LogP contribution is 2.42. The van der Waals surface area contributed by atoms with E-state index in [9.17, 15) is 36.3 Å². The highest BCUT2D eigenvalue weighted by Gasteiger charge is 2.60. The molecule has 2 aliphatic rings. The fourth-order valence-electron chi connectivity index (χ4n) is 5.90. The number of rotatable bonds is 8. The Balaban J connectivity index is 1.46. The van der Waals surface area contributed by atoms with Gasteiger partial charge in [0, 0.05) is 38.4 Å². The molecule has 0 bridgehead atoms. The van der Waals surface area contributed by atoms with Crippen LogP contribution >= 0.6 is 0 Å². The number of nitrogens with zero attached hydrogens (tertiary/aromatic N) is 5. The summed E-state index contributed by atoms with van der Waals surface area (Å²) in [5, 5.41) is 13.3. The number of alkyl halides is 5. The van der Waals surface area contributed by atoms with E-state index in [0.717, 1.165) is 7.11 Å². The largest absolute Gasteiger partial charge is 0.468 e. The number of ether oxygens (including phenoxy) is 1. The van der Waals surface area contributed by atoms with Crippen molar-refractivity contribution in [2.24, 2.45) is 11.3 Å². The summed E-state index contributed by atoms with van der Waals surface area (Å²) in [4.78, 5) is 43.2. The van der Waals surface area contributed by atoms with E-state index in [2.05, 4.69) is 20.5 Å². The normalized spacial score (nSPS) is 23.2. The summed E-state index contributed by atoms with van der Waals surface area (Å²) >= 11 is 0. The third kappa shape index (κ3) is 5.91. The van der Waals surface area contributed by atoms with Crippen LogP contribution in [0.5, 0.6) is 0 Å². The summed E-state index contributed by atoms with van der Waals surface area (Å²) in [6.07, 6.45) is -3.54. The highest BCUT2D eigenvalue weighted by molar-refractivity contribution is 6.04. The molecule has 1 saturated carbocycles. The summed E-state index contributed by atoms with van der Waals surface area (Å²) < 4.78 is 75.8. The molecule has 1 aliphatic heterocycles. The quantitative estimate of drug-likeness (QED) is 0.227. The molecule has 3 aromatic rings. The van der Waals surface area contributed by atoms with E-state index < -0.39 is 60.2 Å². The first-order valence-corrected chi connectivity index (χ1v) is 13.8. The Kier molecular flexibility index (Phi) is 7.90. The van der Waals surface area contributed by atoms with Crippen molar-refractivity contribution in [3.05, 3.63) is 47.7 Å². The van der Waals surface area contributed by atoms with Crippen LogP contribution in [0.25, 0.3) is 5.65 Å². The van der Waals surface area contributed by atoms with Crippen molar-refractivity contribution < 1.29 is 41.1 Å². The van der Waals surface area contributed by atoms with Gasteiger partial charge < -0.3 is 15.4 Å². The number of aryl methyl sites for hydroxylation is 1. The maximum Gasteiger partial charge on any atom is 0.408 e. The molecule has 5 rings (SSSR count). The molecule has 16 heteroatoms. The number of carbonyl (C=O) groups excluding carboxylic acids is 3. The first kappa shape index (κ1) is 30.4. The first-order valence-electron chi connectivity index (χ1n) is 13.8. The van der Waals surface area contributed by atoms with Gasteiger partial charge in [0.15, 0.2) is 11.1 Å². The topological polar surface area (TPSA) is 133 Å². The van der Waals surface area contributed by atoms with E-state index in [0.29, 0.717) is 17.9 Å². The van der Waals surface area contributed by atoms with E-state index in [4.69, 9.17) is 4.74 Å². The predicted octanol–water partition coefficient (Wildman–Crippen LogP) is 3.40. The average molecular weight is 612 g/mol. The summed E-state index contributed by atoms with van der Waals surface area (Å²) in [5.41, 5.74) is -1.10. The molecule has 11 nitrogen and oxygen atoms in total. The van der Waals surface area contributed by atoms with Crippen LogP contribution in [-0.2, 0) is 27.3 Å². The fourth-order valence-corrected chi connectivity index (χ4v) is 5.90. The summed E-state index contributed by atoms with van der Waals surface area (Å²) in [7, 11) is 0.986. The Morgan fingerprint density at radius 3 is 2.56 bits per heavy atom. The van der Waals surface area contributed by atoms with E-state index in [-0.39, 0.29) is 43.0 Å². The van der Waals surface area contributed by atoms with E-state index >= 15 is 0 Å². The van der Waals surface area contributed by atoms with Crippen LogP contribution in [-0.4, -0.2) is 67.4 Å². The molecule has 0 radical (unpaired) electrons. The molecule has 1 saturated heterocycles. The number of nitrogens with one attached hydrogen (secondary N) is 2. The lowest BCUT2D eigenvalue weighted by Gasteiger charge is -2.33. The second-order valence-electron chi connectivity index (χ2n) is 11.0. The van der Waals surface area contributed by atoms with Crippen LogP contribution < -0.4 is 10.6 Å². The SMILES string of the molecule is CCn1nccc1C(=O)N[C@H](c1cn2nc(CC3(C(=O)OC)C[C@H](C(F)(F)F)NC3=O)ccc2n1)C1CCC(F)(F)CC1. The van der Waals surface area contributed by atoms with Crippen molar-refractivity contribution in [3.63, 3.8) is 0 Å². The molecule has 0 aromatic carbocycles. The Morgan fingerprint density at radius 2 is 1.93 bits per heavy atom. The van der Waals surface area contributed by atoms with E-state index in [1.807, 2.05) is 12.2 Å². The first-order chi connectivity index (χ1) is 20.3. The minimum Gasteiger partial charge on any atom is -0.468 e. The molecule has 0 spiro atoms. The highest BCUT2D eigenvalue weighted by atomic mass is 19.4. The van der Waals surface area contributed by atoms with Crippen LogP contribution in [0.2, 0.25) is 0 Å². The van der Waals surface area contributed by atoms with Crippen molar-refractivity contribution >= 4 is 23.4 Å². The molecule has 1 aliphatic carbocycles. The van der Waals surface area contributed by atoms with Crippen molar-refractivity contribution in [2.45, 2.75) is 76.2 Å². The molecule has 2 amide bonds. The zero-order valence-electron chi connectivity index (χ0n) is 23.3. The lowest BCUT2D eigenvalue weighted by Crippen LogP contribution is -2.42. The van der Waals surface area contributed by atoms with Gasteiger partial charge in [0.1, 0.15) is 11.7 Å². The number of halogens is 5. The second kappa shape index (κ2) is 11.2. The standard InChI is InChI=1S/C27H30F5N7O4/c1-3-38-18(8-11-33-38)22(40)36-21(15-6-9-26(28,29)10-7-15)17-14-39-20(34-17)5-4-16(37-39)12-25(24(42)43-2)13-19(27(30,31)32)35-23(25)41/h4-5,8,11,14-15,19,21H,3,6-7,9-10,12-13H2,1-2H3,(H,35,41)(H,36,40)/t19-,21+,25?/m1/s1. The monoisotopic (exact) mass is 611 g/mol. The van der Waals surface area contributed by atoms with Gasteiger partial charge >= 0.3 is 12.1 Å². The summed E-state index contributed by atoms with van der Waals surface area (Å²) in [6.45, 7) is 2.25. The Morgan fingerprint density at radius 1 is 1.21 bits per heavy atom. The smallest absolute Gasteiger partial charge is 0.408 e. The third-order valence-electron chi connectivity index (χ3n) is 8.23. The van der Waals surface area contributed by atoms with Gasteiger partial charge in [0.05, 0.1) is 30.7 Å². The molecule has 3 atom stereocenters. The number of amides is 2. The number of fused-ring (bicyclic) bond motifs is 1. The molecule has 2 N–H and O–H groups in total. The fraction of sp³-hybridized carbons (Fsp3) is 0.556.